The van der Waals surface area contributed by atoms with Crippen LogP contribution in [0.1, 0.15) is 12.8 Å². The van der Waals surface area contributed by atoms with Crippen LogP contribution in [0, 0.1) is 5.92 Å². The SMILES string of the molecule is CN(C1COCC1N)S(=O)(=O)N1C[C@H](CCCB(O)O)[C@](N)(C(=O)O)C1. The second kappa shape index (κ2) is 8.06. The van der Waals surface area contributed by atoms with E-state index in [2.05, 4.69) is 0 Å². The van der Waals surface area contributed by atoms with Crippen LogP contribution >= 0.6 is 0 Å². The molecular weight excluding hydrogens is 367 g/mol. The maximum absolute atomic E-state index is 12.9. The van der Waals surface area contributed by atoms with Gasteiger partial charge in [0.1, 0.15) is 5.54 Å². The van der Waals surface area contributed by atoms with Gasteiger partial charge in [0.2, 0.25) is 0 Å². The lowest BCUT2D eigenvalue weighted by Gasteiger charge is -2.30. The lowest BCUT2D eigenvalue weighted by atomic mass is 9.78. The molecule has 2 unspecified atom stereocenters. The Morgan fingerprint density at radius 1 is 1.42 bits per heavy atom. The van der Waals surface area contributed by atoms with E-state index in [1.54, 1.807) is 0 Å². The molecule has 2 aliphatic rings. The number of carboxylic acids is 1. The smallest absolute Gasteiger partial charge is 0.451 e. The fraction of sp³-hybridized carbons (Fsp3) is 0.923. The van der Waals surface area contributed by atoms with Gasteiger partial charge in [0, 0.05) is 32.1 Å². The van der Waals surface area contributed by atoms with Crippen molar-refractivity contribution < 1.29 is 33.1 Å². The van der Waals surface area contributed by atoms with Crippen molar-refractivity contribution in [2.75, 3.05) is 33.4 Å². The number of carboxylic acid groups (broad SMARTS) is 1. The minimum absolute atomic E-state index is 0.0557. The van der Waals surface area contributed by atoms with Gasteiger partial charge in [0.05, 0.1) is 19.3 Å². The quantitative estimate of drug-likeness (QED) is 0.266. The van der Waals surface area contributed by atoms with Crippen molar-refractivity contribution in [3.8, 4) is 0 Å². The molecule has 26 heavy (non-hydrogen) atoms. The Morgan fingerprint density at radius 2 is 2.08 bits per heavy atom. The molecule has 2 fully saturated rings. The third-order valence-corrected chi connectivity index (χ3v) is 7.18. The minimum atomic E-state index is -3.97. The highest BCUT2D eigenvalue weighted by Crippen LogP contribution is 2.33. The van der Waals surface area contributed by atoms with Crippen LogP contribution < -0.4 is 11.5 Å². The predicted molar refractivity (Wildman–Crippen MR) is 93.1 cm³/mol. The molecule has 0 aromatic heterocycles. The molecule has 13 heteroatoms. The number of likely N-dealkylation sites (N-methyl/N-ethyl adjacent to an activating group) is 1. The van der Waals surface area contributed by atoms with Crippen molar-refractivity contribution in [1.82, 2.24) is 8.61 Å². The van der Waals surface area contributed by atoms with Crippen LogP contribution in [0.4, 0.5) is 0 Å². The average molecular weight is 394 g/mol. The van der Waals surface area contributed by atoms with Gasteiger partial charge >= 0.3 is 13.1 Å². The molecule has 0 saturated carbocycles. The average Bonchev–Trinajstić information content (AvgIpc) is 3.11. The second-order valence-corrected chi connectivity index (χ2v) is 9.03. The van der Waals surface area contributed by atoms with E-state index in [0.29, 0.717) is 6.42 Å². The van der Waals surface area contributed by atoms with E-state index in [4.69, 9.17) is 26.3 Å². The van der Waals surface area contributed by atoms with Gasteiger partial charge in [-0.15, -0.1) is 0 Å². The zero-order chi connectivity index (χ0) is 19.7. The molecule has 2 saturated heterocycles. The largest absolute Gasteiger partial charge is 0.480 e. The summed E-state index contributed by atoms with van der Waals surface area (Å²) in [5.41, 5.74) is 10.2. The number of hydrogen-bond acceptors (Lipinski definition) is 8. The molecular formula is C13H27BN4O7S. The first kappa shape index (κ1) is 21.5. The number of nitrogens with two attached hydrogens (primary N) is 2. The Labute approximate surface area is 153 Å². The monoisotopic (exact) mass is 394 g/mol. The first-order chi connectivity index (χ1) is 12.0. The maximum Gasteiger partial charge on any atom is 0.451 e. The van der Waals surface area contributed by atoms with E-state index >= 15 is 0 Å². The van der Waals surface area contributed by atoms with Crippen molar-refractivity contribution >= 4 is 23.3 Å². The molecule has 0 spiro atoms. The standard InChI is InChI=1S/C13H27BN4O7S/c1-17(11-7-25-6-10(11)15)26(23,24)18-5-9(3-2-4-14(21)22)13(16,8-18)12(19)20/h9-11,21-22H,2-8,15-16H2,1H3,(H,19,20)/t9-,10?,11?,13-/m0/s1. The molecule has 0 aliphatic carbocycles. The summed E-state index contributed by atoms with van der Waals surface area (Å²) >= 11 is 0. The Balaban J connectivity index is 2.15. The summed E-state index contributed by atoms with van der Waals surface area (Å²) in [6, 6.07) is -0.984. The van der Waals surface area contributed by atoms with Crippen molar-refractivity contribution in [3.05, 3.63) is 0 Å². The zero-order valence-corrected chi connectivity index (χ0v) is 15.5. The molecule has 0 bridgehead atoms. The highest BCUT2D eigenvalue weighted by Gasteiger charge is 2.53. The molecule has 0 amide bonds. The summed E-state index contributed by atoms with van der Waals surface area (Å²) in [6.45, 7) is 0.0197. The van der Waals surface area contributed by atoms with E-state index in [1.807, 2.05) is 0 Å². The third kappa shape index (κ3) is 4.20. The van der Waals surface area contributed by atoms with Gasteiger partial charge in [-0.2, -0.15) is 17.0 Å². The molecule has 2 aliphatic heterocycles. The van der Waals surface area contributed by atoms with E-state index in [1.165, 1.54) is 7.05 Å². The lowest BCUT2D eigenvalue weighted by molar-refractivity contribution is -0.144. The number of carbonyl (C=O) groups is 1. The first-order valence-corrected chi connectivity index (χ1v) is 9.84. The van der Waals surface area contributed by atoms with Crippen molar-refractivity contribution in [3.63, 3.8) is 0 Å². The topological polar surface area (TPSA) is 180 Å². The predicted octanol–water partition coefficient (Wildman–Crippen LogP) is -3.14. The van der Waals surface area contributed by atoms with Crippen LogP contribution in [0.5, 0.6) is 0 Å². The summed E-state index contributed by atoms with van der Waals surface area (Å²) in [4.78, 5) is 11.7. The fourth-order valence-electron chi connectivity index (χ4n) is 3.50. The van der Waals surface area contributed by atoms with E-state index in [-0.39, 0.29) is 39.0 Å². The van der Waals surface area contributed by atoms with Gasteiger partial charge in [-0.05, 0) is 12.7 Å². The third-order valence-electron chi connectivity index (χ3n) is 5.25. The Hall–Kier alpha value is -0.795. The summed E-state index contributed by atoms with van der Waals surface area (Å²) in [7, 11) is -4.07. The molecule has 4 atom stereocenters. The molecule has 11 nitrogen and oxygen atoms in total. The van der Waals surface area contributed by atoms with Crippen molar-refractivity contribution in [2.24, 2.45) is 17.4 Å². The van der Waals surface area contributed by atoms with Crippen LogP contribution in [0.25, 0.3) is 0 Å². The van der Waals surface area contributed by atoms with Gasteiger partial charge in [0.15, 0.2) is 0 Å². The van der Waals surface area contributed by atoms with Gasteiger partial charge < -0.3 is 31.4 Å². The van der Waals surface area contributed by atoms with Crippen LogP contribution in [-0.4, -0.2) is 96.2 Å². The van der Waals surface area contributed by atoms with Gasteiger partial charge in [0.25, 0.3) is 10.2 Å². The molecule has 0 aromatic rings. The van der Waals surface area contributed by atoms with Crippen LogP contribution in [0.2, 0.25) is 6.32 Å². The minimum Gasteiger partial charge on any atom is -0.480 e. The number of ether oxygens (including phenoxy) is 1. The molecule has 7 N–H and O–H groups in total. The summed E-state index contributed by atoms with van der Waals surface area (Å²) < 4.78 is 33.2. The molecule has 150 valence electrons. The van der Waals surface area contributed by atoms with Gasteiger partial charge in [-0.3, -0.25) is 4.79 Å². The van der Waals surface area contributed by atoms with E-state index in [9.17, 15) is 18.3 Å². The van der Waals surface area contributed by atoms with Crippen LogP contribution in [0.3, 0.4) is 0 Å². The molecule has 0 aromatic carbocycles. The highest BCUT2D eigenvalue weighted by molar-refractivity contribution is 7.86. The number of nitrogens with zero attached hydrogens (tertiary/aromatic N) is 2. The van der Waals surface area contributed by atoms with Crippen molar-refractivity contribution in [1.29, 1.82) is 0 Å². The second-order valence-electron chi connectivity index (χ2n) is 7.04. The molecule has 2 rings (SSSR count). The van der Waals surface area contributed by atoms with E-state index in [0.717, 1.165) is 8.61 Å². The van der Waals surface area contributed by atoms with E-state index < -0.39 is 46.8 Å². The molecule has 2 heterocycles. The number of rotatable bonds is 8. The lowest BCUT2D eigenvalue weighted by Crippen LogP contribution is -2.56. The number of aliphatic carboxylic acids is 1. The number of hydrogen-bond donors (Lipinski definition) is 5. The zero-order valence-electron chi connectivity index (χ0n) is 14.7. The van der Waals surface area contributed by atoms with Gasteiger partial charge in [-0.25, -0.2) is 0 Å². The van der Waals surface area contributed by atoms with Crippen molar-refractivity contribution in [2.45, 2.75) is 36.8 Å². The summed E-state index contributed by atoms with van der Waals surface area (Å²) in [6.07, 6.45) is 0.648. The molecule has 0 radical (unpaired) electrons. The Kier molecular flexibility index (Phi) is 6.67. The summed E-state index contributed by atoms with van der Waals surface area (Å²) in [5.74, 6) is -1.93. The normalized spacial score (nSPS) is 33.1. The van der Waals surface area contributed by atoms with Crippen LogP contribution in [-0.2, 0) is 19.7 Å². The highest BCUT2D eigenvalue weighted by atomic mass is 32.2. The fourth-order valence-corrected chi connectivity index (χ4v) is 5.16. The Morgan fingerprint density at radius 3 is 2.58 bits per heavy atom. The summed E-state index contributed by atoms with van der Waals surface area (Å²) in [5, 5.41) is 27.4. The first-order valence-electron chi connectivity index (χ1n) is 8.45. The van der Waals surface area contributed by atoms with Crippen LogP contribution in [0.15, 0.2) is 0 Å². The maximum atomic E-state index is 12.9. The van der Waals surface area contributed by atoms with Gasteiger partial charge in [-0.1, -0.05) is 6.42 Å². The Bertz CT molecular complexity index is 622.